The molecule has 0 bridgehead atoms. The minimum Gasteiger partial charge on any atom is -0.372 e. The van der Waals surface area contributed by atoms with Gasteiger partial charge in [0.25, 0.3) is 0 Å². The quantitative estimate of drug-likeness (QED) is 0.648. The van der Waals surface area contributed by atoms with Crippen molar-refractivity contribution in [1.82, 2.24) is 4.98 Å². The third kappa shape index (κ3) is 4.06. The smallest absolute Gasteiger partial charge is 0.204 e. The molecule has 0 aliphatic heterocycles. The lowest BCUT2D eigenvalue weighted by Gasteiger charge is -2.09. The Bertz CT molecular complexity index is 499. The molecule has 0 spiro atoms. The van der Waals surface area contributed by atoms with Crippen molar-refractivity contribution in [3.05, 3.63) is 49.5 Å². The molecule has 0 aliphatic carbocycles. The summed E-state index contributed by atoms with van der Waals surface area (Å²) in [4.78, 5) is 14.4. The normalized spacial score (nSPS) is 11.3. The van der Waals surface area contributed by atoms with Gasteiger partial charge in [-0.05, 0) is 35.1 Å². The predicted octanol–water partition coefficient (Wildman–Crippen LogP) is 3.31. The van der Waals surface area contributed by atoms with Crippen LogP contribution >= 0.6 is 33.9 Å². The molecule has 0 radical (unpaired) electrons. The molecule has 2 N–H and O–H groups in total. The average molecular weight is 374 g/mol. The summed E-state index contributed by atoms with van der Waals surface area (Å²) < 4.78 is 1.13. The number of hydrogen-bond acceptors (Lipinski definition) is 3. The Labute approximate surface area is 125 Å². The molecule has 1 aromatic carbocycles. The minimum atomic E-state index is 0.250. The number of carbonyl (C=O) groups excluding carboxylic acids is 1. The lowest BCUT2D eigenvalue weighted by Crippen LogP contribution is -1.94. The number of halogens is 1. The van der Waals surface area contributed by atoms with Crippen LogP contribution in [0.3, 0.4) is 0 Å². The number of aromatic nitrogens is 1. The Morgan fingerprint density at radius 1 is 1.39 bits per heavy atom. The number of primary amides is 1. The molecule has 96 valence electrons. The monoisotopic (exact) mass is 374 g/mol. The van der Waals surface area contributed by atoms with Crippen LogP contribution in [0.25, 0.3) is 0 Å². The molecule has 0 fully saturated rings. The van der Waals surface area contributed by atoms with Crippen LogP contribution in [0.2, 0.25) is 0 Å². The molecule has 1 aromatic heterocycles. The highest BCUT2D eigenvalue weighted by atomic mass is 127. The first-order chi connectivity index (χ1) is 8.60. The van der Waals surface area contributed by atoms with Crippen molar-refractivity contribution in [3.63, 3.8) is 0 Å². The maximum Gasteiger partial charge on any atom is 0.204 e. The Balaban J connectivity index is 0.000000492. The zero-order chi connectivity index (χ0) is 13.5. The fourth-order valence-corrected chi connectivity index (χ4v) is 3.61. The number of rotatable bonds is 2. The van der Waals surface area contributed by atoms with Crippen molar-refractivity contribution < 1.29 is 4.79 Å². The van der Waals surface area contributed by atoms with Crippen LogP contribution in [-0.4, -0.2) is 11.4 Å². The van der Waals surface area contributed by atoms with E-state index in [0.717, 1.165) is 3.01 Å². The van der Waals surface area contributed by atoms with Gasteiger partial charge in [-0.2, -0.15) is 0 Å². The lowest BCUT2D eigenvalue weighted by molar-refractivity contribution is -0.106. The third-order valence-corrected chi connectivity index (χ3v) is 4.53. The van der Waals surface area contributed by atoms with Crippen molar-refractivity contribution in [2.75, 3.05) is 0 Å². The Morgan fingerprint density at radius 3 is 2.39 bits per heavy atom. The first kappa shape index (κ1) is 15.1. The molecule has 5 heteroatoms. The van der Waals surface area contributed by atoms with E-state index in [1.807, 2.05) is 0 Å². The Kier molecular flexibility index (Phi) is 6.28. The molecule has 0 saturated heterocycles. The van der Waals surface area contributed by atoms with E-state index in [4.69, 9.17) is 4.79 Å². The zero-order valence-corrected chi connectivity index (χ0v) is 13.2. The van der Waals surface area contributed by atoms with Gasteiger partial charge in [-0.25, -0.2) is 4.98 Å². The minimum absolute atomic E-state index is 0.250. The van der Waals surface area contributed by atoms with E-state index < -0.39 is 0 Å². The van der Waals surface area contributed by atoms with E-state index in [-0.39, 0.29) is 6.41 Å². The number of nitrogens with zero attached hydrogens (tertiary/aromatic N) is 1. The summed E-state index contributed by atoms with van der Waals surface area (Å²) in [6.07, 6.45) is 0.250. The Hall–Kier alpha value is -0.950. The molecular formula is C13H15IN2OS. The number of hydrogen-bond donors (Lipinski definition) is 1. The first-order valence-electron chi connectivity index (χ1n) is 5.43. The number of carbonyl (C=O) groups is 1. The molecule has 0 unspecified atom stereocenters. The number of aryl methyl sites for hydroxylation is 1. The second-order valence-electron chi connectivity index (χ2n) is 3.68. The summed E-state index contributed by atoms with van der Waals surface area (Å²) in [7, 11) is 0. The van der Waals surface area contributed by atoms with Gasteiger partial charge in [0.05, 0.1) is 5.69 Å². The molecule has 1 atom stereocenters. The molecule has 0 saturated carbocycles. The summed E-state index contributed by atoms with van der Waals surface area (Å²) in [6, 6.07) is 10.6. The van der Waals surface area contributed by atoms with Crippen LogP contribution in [0.5, 0.6) is 0 Å². The number of amides is 1. The number of thiazole rings is 1. The standard InChI is InChI=1S/C12H12INS.CH3NO/c1-8(10-6-4-3-5-7-10)11-9(2)14-12(13)15-11;2-1-3/h3-8H,1-2H3;1H,(H2,2,3)/t8-;/m0./s1. The summed E-state index contributed by atoms with van der Waals surface area (Å²) >= 11 is 4.08. The van der Waals surface area contributed by atoms with E-state index in [1.54, 1.807) is 11.3 Å². The number of benzene rings is 1. The highest BCUT2D eigenvalue weighted by Gasteiger charge is 2.14. The van der Waals surface area contributed by atoms with E-state index in [1.165, 1.54) is 16.1 Å². The average Bonchev–Trinajstić information content (AvgIpc) is 2.70. The van der Waals surface area contributed by atoms with Crippen molar-refractivity contribution in [2.24, 2.45) is 5.73 Å². The summed E-state index contributed by atoms with van der Waals surface area (Å²) in [5.41, 5.74) is 6.70. The van der Waals surface area contributed by atoms with Crippen LogP contribution in [0.15, 0.2) is 30.3 Å². The fourth-order valence-electron chi connectivity index (χ4n) is 1.67. The second kappa shape index (κ2) is 7.48. The van der Waals surface area contributed by atoms with Crippen LogP contribution in [0.4, 0.5) is 0 Å². The van der Waals surface area contributed by atoms with Gasteiger partial charge in [0.15, 0.2) is 3.01 Å². The van der Waals surface area contributed by atoms with Crippen molar-refractivity contribution in [2.45, 2.75) is 19.8 Å². The van der Waals surface area contributed by atoms with Gasteiger partial charge in [-0.1, -0.05) is 37.3 Å². The van der Waals surface area contributed by atoms with Crippen molar-refractivity contribution in [1.29, 1.82) is 0 Å². The van der Waals surface area contributed by atoms with Crippen molar-refractivity contribution >= 4 is 40.3 Å². The lowest BCUT2D eigenvalue weighted by atomic mass is 9.99. The van der Waals surface area contributed by atoms with Crippen LogP contribution in [0.1, 0.15) is 29.0 Å². The largest absolute Gasteiger partial charge is 0.372 e. The van der Waals surface area contributed by atoms with Crippen LogP contribution in [0, 0.1) is 9.94 Å². The van der Waals surface area contributed by atoms with Gasteiger partial charge in [0.1, 0.15) is 0 Å². The van der Waals surface area contributed by atoms with Gasteiger partial charge in [0, 0.05) is 10.8 Å². The molecule has 2 rings (SSSR count). The van der Waals surface area contributed by atoms with E-state index in [9.17, 15) is 0 Å². The molecular weight excluding hydrogens is 359 g/mol. The van der Waals surface area contributed by atoms with E-state index >= 15 is 0 Å². The molecule has 18 heavy (non-hydrogen) atoms. The fraction of sp³-hybridized carbons (Fsp3) is 0.231. The van der Waals surface area contributed by atoms with E-state index in [2.05, 4.69) is 77.5 Å². The second-order valence-corrected chi connectivity index (χ2v) is 6.47. The SMILES string of the molecule is Cc1nc(I)sc1[C@@H](C)c1ccccc1.NC=O. The summed E-state index contributed by atoms with van der Waals surface area (Å²) in [5.74, 6) is 0.451. The highest BCUT2D eigenvalue weighted by molar-refractivity contribution is 14.1. The molecule has 1 amide bonds. The van der Waals surface area contributed by atoms with E-state index in [0.29, 0.717) is 5.92 Å². The van der Waals surface area contributed by atoms with Crippen molar-refractivity contribution in [3.8, 4) is 0 Å². The maximum absolute atomic E-state index is 8.58. The highest BCUT2D eigenvalue weighted by Crippen LogP contribution is 2.31. The predicted molar refractivity (Wildman–Crippen MR) is 83.8 cm³/mol. The molecule has 1 heterocycles. The summed E-state index contributed by atoms with van der Waals surface area (Å²) in [5, 5.41) is 0. The summed E-state index contributed by atoms with van der Waals surface area (Å²) in [6.45, 7) is 4.33. The maximum atomic E-state index is 8.58. The molecule has 2 aromatic rings. The van der Waals surface area contributed by atoms with Gasteiger partial charge >= 0.3 is 0 Å². The van der Waals surface area contributed by atoms with Gasteiger partial charge in [-0.15, -0.1) is 11.3 Å². The number of nitrogens with two attached hydrogens (primary N) is 1. The van der Waals surface area contributed by atoms with Crippen LogP contribution in [-0.2, 0) is 4.79 Å². The van der Waals surface area contributed by atoms with Gasteiger partial charge < -0.3 is 5.73 Å². The molecule has 3 nitrogen and oxygen atoms in total. The zero-order valence-electron chi connectivity index (χ0n) is 10.3. The Morgan fingerprint density at radius 2 is 1.94 bits per heavy atom. The first-order valence-corrected chi connectivity index (χ1v) is 7.32. The molecule has 0 aliphatic rings. The van der Waals surface area contributed by atoms with Gasteiger partial charge in [-0.3, -0.25) is 4.79 Å². The van der Waals surface area contributed by atoms with Crippen LogP contribution < -0.4 is 5.73 Å². The topological polar surface area (TPSA) is 56.0 Å². The van der Waals surface area contributed by atoms with Gasteiger partial charge in [0.2, 0.25) is 6.41 Å². The third-order valence-electron chi connectivity index (χ3n) is 2.50.